The Morgan fingerprint density at radius 3 is 2.65 bits per heavy atom. The molecule has 0 radical (unpaired) electrons. The van der Waals surface area contributed by atoms with Gasteiger partial charge in [-0.15, -0.1) is 0 Å². The number of halogens is 3. The van der Waals surface area contributed by atoms with Gasteiger partial charge in [0.15, 0.2) is 0 Å². The predicted octanol–water partition coefficient (Wildman–Crippen LogP) is 4.70. The molecule has 26 heavy (non-hydrogen) atoms. The largest absolute Gasteiger partial charge is 0.481 e. The number of hydrogen-bond donors (Lipinski definition) is 2. The van der Waals surface area contributed by atoms with E-state index in [1.165, 1.54) is 11.8 Å². The molecule has 2 N–H and O–H groups in total. The molecule has 0 saturated heterocycles. The number of benzene rings is 1. The van der Waals surface area contributed by atoms with Gasteiger partial charge >= 0.3 is 12.1 Å². The van der Waals surface area contributed by atoms with Gasteiger partial charge < -0.3 is 10.4 Å². The fourth-order valence-electron chi connectivity index (χ4n) is 3.16. The van der Waals surface area contributed by atoms with Crippen LogP contribution < -0.4 is 5.32 Å². The van der Waals surface area contributed by atoms with E-state index in [9.17, 15) is 22.8 Å². The van der Waals surface area contributed by atoms with Gasteiger partial charge in [0, 0.05) is 23.1 Å². The molecule has 8 heteroatoms. The van der Waals surface area contributed by atoms with E-state index in [-0.39, 0.29) is 19.3 Å². The zero-order valence-corrected chi connectivity index (χ0v) is 15.0. The van der Waals surface area contributed by atoms with E-state index < -0.39 is 29.9 Å². The first-order valence-corrected chi connectivity index (χ1v) is 9.69. The minimum absolute atomic E-state index is 0.00183. The molecule has 1 aromatic carbocycles. The van der Waals surface area contributed by atoms with Gasteiger partial charge in [-0.05, 0) is 30.5 Å². The van der Waals surface area contributed by atoms with Crippen molar-refractivity contribution in [2.45, 2.75) is 44.0 Å². The lowest BCUT2D eigenvalue weighted by Crippen LogP contribution is -2.39. The second kappa shape index (κ2) is 9.30. The Bertz CT molecular complexity index is 636. The van der Waals surface area contributed by atoms with Crippen LogP contribution in [-0.4, -0.2) is 28.9 Å². The van der Waals surface area contributed by atoms with Crippen molar-refractivity contribution in [1.29, 1.82) is 0 Å². The van der Waals surface area contributed by atoms with Gasteiger partial charge in [-0.2, -0.15) is 24.9 Å². The predicted molar refractivity (Wildman–Crippen MR) is 95.0 cm³/mol. The normalized spacial score (nSPS) is 20.6. The van der Waals surface area contributed by atoms with Gasteiger partial charge in [-0.3, -0.25) is 9.59 Å². The summed E-state index contributed by atoms with van der Waals surface area (Å²) in [6.07, 6.45) is -2.91. The maximum atomic E-state index is 13.2. The van der Waals surface area contributed by atoms with Crippen LogP contribution in [0.5, 0.6) is 0 Å². The summed E-state index contributed by atoms with van der Waals surface area (Å²) in [5, 5.41) is 11.2. The number of thioether (sulfide) groups is 1. The lowest BCUT2D eigenvalue weighted by molar-refractivity contribution is -0.197. The summed E-state index contributed by atoms with van der Waals surface area (Å²) < 4.78 is 39.5. The van der Waals surface area contributed by atoms with Crippen LogP contribution in [0.25, 0.3) is 0 Å². The number of nitrogens with one attached hydrogen (secondary N) is 1. The molecule has 0 aromatic heterocycles. The van der Waals surface area contributed by atoms with E-state index >= 15 is 0 Å². The van der Waals surface area contributed by atoms with Crippen molar-refractivity contribution in [3.05, 3.63) is 29.8 Å². The molecular formula is C18H22F3NO3S. The molecule has 0 aliphatic heterocycles. The van der Waals surface area contributed by atoms with Gasteiger partial charge in [0.05, 0.1) is 12.3 Å². The highest BCUT2D eigenvalue weighted by molar-refractivity contribution is 7.98. The number of carboxylic acid groups (broad SMARTS) is 1. The van der Waals surface area contributed by atoms with E-state index in [0.717, 1.165) is 5.56 Å². The van der Waals surface area contributed by atoms with Crippen LogP contribution in [0.3, 0.4) is 0 Å². The molecule has 4 nitrogen and oxygen atoms in total. The molecule has 2 unspecified atom stereocenters. The van der Waals surface area contributed by atoms with E-state index in [0.29, 0.717) is 30.0 Å². The molecule has 1 amide bonds. The Morgan fingerprint density at radius 2 is 1.96 bits per heavy atom. The first-order valence-electron chi connectivity index (χ1n) is 8.53. The minimum Gasteiger partial charge on any atom is -0.481 e. The monoisotopic (exact) mass is 389 g/mol. The van der Waals surface area contributed by atoms with Gasteiger partial charge in [0.2, 0.25) is 5.91 Å². The molecule has 1 saturated carbocycles. The molecule has 144 valence electrons. The first-order chi connectivity index (χ1) is 12.3. The summed E-state index contributed by atoms with van der Waals surface area (Å²) in [4.78, 5) is 22.9. The molecule has 1 fully saturated rings. The summed E-state index contributed by atoms with van der Waals surface area (Å²) >= 11 is 1.45. The summed E-state index contributed by atoms with van der Waals surface area (Å²) in [6.45, 7) is 0. The molecule has 1 aromatic rings. The van der Waals surface area contributed by atoms with Crippen LogP contribution in [-0.2, 0) is 15.3 Å². The Hall–Kier alpha value is -1.70. The third kappa shape index (κ3) is 6.23. The average Bonchev–Trinajstić information content (AvgIpc) is 2.58. The van der Waals surface area contributed by atoms with E-state index in [1.807, 2.05) is 6.07 Å². The van der Waals surface area contributed by atoms with Crippen LogP contribution in [0.1, 0.15) is 37.7 Å². The second-order valence-electron chi connectivity index (χ2n) is 6.43. The Morgan fingerprint density at radius 1 is 1.23 bits per heavy atom. The average molecular weight is 389 g/mol. The van der Waals surface area contributed by atoms with E-state index in [1.54, 1.807) is 18.2 Å². The van der Waals surface area contributed by atoms with Crippen molar-refractivity contribution in [3.8, 4) is 0 Å². The van der Waals surface area contributed by atoms with E-state index in [4.69, 9.17) is 5.11 Å². The lowest BCUT2D eigenvalue weighted by Gasteiger charge is -2.32. The van der Waals surface area contributed by atoms with Gasteiger partial charge in [-0.25, -0.2) is 0 Å². The zero-order chi connectivity index (χ0) is 19.2. The van der Waals surface area contributed by atoms with E-state index in [2.05, 4.69) is 5.32 Å². The summed E-state index contributed by atoms with van der Waals surface area (Å²) in [7, 11) is 0. The topological polar surface area (TPSA) is 66.4 Å². The van der Waals surface area contributed by atoms with Crippen molar-refractivity contribution in [2.75, 3.05) is 11.1 Å². The Labute approximate surface area is 154 Å². The van der Waals surface area contributed by atoms with Crippen LogP contribution >= 0.6 is 11.8 Å². The molecule has 0 bridgehead atoms. The first kappa shape index (κ1) is 20.6. The quantitative estimate of drug-likeness (QED) is 0.664. The van der Waals surface area contributed by atoms with Crippen LogP contribution in [0.2, 0.25) is 0 Å². The number of carbonyl (C=O) groups is 2. The fraction of sp³-hybridized carbons (Fsp3) is 0.556. The third-order valence-electron chi connectivity index (χ3n) is 4.45. The third-order valence-corrected chi connectivity index (χ3v) is 5.48. The molecule has 0 spiro atoms. The Balaban J connectivity index is 1.95. The number of alkyl halides is 3. The van der Waals surface area contributed by atoms with Gasteiger partial charge in [-0.1, -0.05) is 25.0 Å². The SMILES string of the molecule is O=C(O)CCSCc1cccc(NC(=O)C2CCCCC2C(F)(F)F)c1. The van der Waals surface area contributed by atoms with Crippen molar-refractivity contribution in [2.24, 2.45) is 11.8 Å². The summed E-state index contributed by atoms with van der Waals surface area (Å²) in [5.74, 6) is -3.01. The number of anilines is 1. The van der Waals surface area contributed by atoms with Crippen LogP contribution in [0, 0.1) is 11.8 Å². The summed E-state index contributed by atoms with van der Waals surface area (Å²) in [6, 6.07) is 6.93. The number of rotatable bonds is 7. The van der Waals surface area contributed by atoms with Crippen molar-refractivity contribution in [3.63, 3.8) is 0 Å². The number of carboxylic acids is 1. The fourth-order valence-corrected chi connectivity index (χ4v) is 4.04. The number of hydrogen-bond acceptors (Lipinski definition) is 3. The highest BCUT2D eigenvalue weighted by Gasteiger charge is 2.48. The van der Waals surface area contributed by atoms with Gasteiger partial charge in [0.25, 0.3) is 0 Å². The smallest absolute Gasteiger partial charge is 0.392 e. The Kier molecular flexibility index (Phi) is 7.37. The molecule has 1 aliphatic carbocycles. The van der Waals surface area contributed by atoms with Crippen LogP contribution in [0.15, 0.2) is 24.3 Å². The maximum Gasteiger partial charge on any atom is 0.392 e. The maximum absolute atomic E-state index is 13.2. The molecular weight excluding hydrogens is 367 g/mol. The van der Waals surface area contributed by atoms with Crippen LogP contribution in [0.4, 0.5) is 18.9 Å². The summed E-state index contributed by atoms with van der Waals surface area (Å²) in [5.41, 5.74) is 1.35. The second-order valence-corrected chi connectivity index (χ2v) is 7.53. The van der Waals surface area contributed by atoms with Crippen molar-refractivity contribution in [1.82, 2.24) is 0 Å². The lowest BCUT2D eigenvalue weighted by atomic mass is 9.78. The standard InChI is InChI=1S/C18H22F3NO3S/c19-18(20,21)15-7-2-1-6-14(15)17(25)22-13-5-3-4-12(10-13)11-26-9-8-16(23)24/h3-5,10,14-15H,1-2,6-9,11H2,(H,22,25)(H,23,24). The molecule has 2 atom stereocenters. The molecule has 0 heterocycles. The number of aliphatic carboxylic acids is 1. The minimum atomic E-state index is -4.36. The number of amides is 1. The van der Waals surface area contributed by atoms with Crippen molar-refractivity contribution < 1.29 is 27.9 Å². The number of carbonyl (C=O) groups excluding carboxylic acids is 1. The van der Waals surface area contributed by atoms with Crippen molar-refractivity contribution >= 4 is 29.3 Å². The highest BCUT2D eigenvalue weighted by atomic mass is 32.2. The van der Waals surface area contributed by atoms with Gasteiger partial charge in [0.1, 0.15) is 0 Å². The molecule has 1 aliphatic rings. The molecule has 2 rings (SSSR count). The zero-order valence-electron chi connectivity index (χ0n) is 14.2. The highest BCUT2D eigenvalue weighted by Crippen LogP contribution is 2.41.